The molecule has 2 aromatic rings. The molecule has 0 radical (unpaired) electrons. The van der Waals surface area contributed by atoms with Gasteiger partial charge in [-0.2, -0.15) is 0 Å². The molecule has 2 heteroatoms. The van der Waals surface area contributed by atoms with Gasteiger partial charge in [-0.1, -0.05) is 118 Å². The van der Waals surface area contributed by atoms with Gasteiger partial charge in [-0.05, 0) is 28.7 Å². The number of unbranched alkanes of at least 4 members (excludes halogenated alkanes) is 5. The molecule has 0 fully saturated rings. The van der Waals surface area contributed by atoms with E-state index in [-0.39, 0.29) is 11.8 Å². The van der Waals surface area contributed by atoms with Gasteiger partial charge in [0, 0.05) is 26.1 Å². The summed E-state index contributed by atoms with van der Waals surface area (Å²) in [6, 6.07) is 17.4. The molecule has 0 saturated carbocycles. The molecule has 2 aliphatic carbocycles. The molecule has 3 atom stereocenters. The monoisotopic (exact) mass is 430 g/mol. The largest absolute Gasteiger partial charge is 0.352 e. The van der Waals surface area contributed by atoms with Crippen LogP contribution in [0.15, 0.2) is 60.7 Å². The van der Waals surface area contributed by atoms with E-state index in [9.17, 15) is 0 Å². The fourth-order valence-corrected chi connectivity index (χ4v) is 5.87. The first-order chi connectivity index (χ1) is 15.7. The Kier molecular flexibility index (Phi) is 7.65. The van der Waals surface area contributed by atoms with E-state index in [1.165, 1.54) is 60.8 Å². The maximum absolute atomic E-state index is 6.41. The van der Waals surface area contributed by atoms with Crippen molar-refractivity contribution in [2.24, 2.45) is 5.92 Å². The topological polar surface area (TPSA) is 18.5 Å². The SMILES string of the molecule is CCCCCCCCC(C1C=Cc2ccccc21)C(OC)(OC)C1C=Cc2ccccc21. The van der Waals surface area contributed by atoms with Gasteiger partial charge >= 0.3 is 0 Å². The summed E-state index contributed by atoms with van der Waals surface area (Å²) in [6.45, 7) is 2.28. The number of rotatable bonds is 12. The van der Waals surface area contributed by atoms with E-state index < -0.39 is 5.79 Å². The van der Waals surface area contributed by atoms with Crippen molar-refractivity contribution in [3.63, 3.8) is 0 Å². The summed E-state index contributed by atoms with van der Waals surface area (Å²) in [7, 11) is 3.66. The van der Waals surface area contributed by atoms with Crippen molar-refractivity contribution >= 4 is 12.2 Å². The highest BCUT2D eigenvalue weighted by molar-refractivity contribution is 5.65. The van der Waals surface area contributed by atoms with E-state index in [2.05, 4.69) is 79.8 Å². The molecule has 4 rings (SSSR count). The molecule has 0 N–H and O–H groups in total. The van der Waals surface area contributed by atoms with Crippen molar-refractivity contribution in [2.45, 2.75) is 69.5 Å². The lowest BCUT2D eigenvalue weighted by molar-refractivity contribution is -0.251. The van der Waals surface area contributed by atoms with Crippen LogP contribution in [0.5, 0.6) is 0 Å². The van der Waals surface area contributed by atoms with Crippen LogP contribution in [0.4, 0.5) is 0 Å². The third-order valence-corrected chi connectivity index (χ3v) is 7.53. The van der Waals surface area contributed by atoms with Crippen LogP contribution in [-0.2, 0) is 9.47 Å². The Morgan fingerprint density at radius 3 is 2.06 bits per heavy atom. The highest BCUT2D eigenvalue weighted by Gasteiger charge is 2.50. The fourth-order valence-electron chi connectivity index (χ4n) is 5.87. The van der Waals surface area contributed by atoms with E-state index in [0.717, 1.165) is 6.42 Å². The number of ether oxygens (including phenoxy) is 2. The average molecular weight is 431 g/mol. The molecule has 2 nitrogen and oxygen atoms in total. The van der Waals surface area contributed by atoms with Crippen LogP contribution in [0.3, 0.4) is 0 Å². The van der Waals surface area contributed by atoms with E-state index in [4.69, 9.17) is 9.47 Å². The second-order valence-electron chi connectivity index (χ2n) is 9.27. The summed E-state index contributed by atoms with van der Waals surface area (Å²) in [5.74, 6) is -0.105. The Balaban J connectivity index is 1.66. The molecular formula is C30H38O2. The number of hydrogen-bond donors (Lipinski definition) is 0. The lowest BCUT2D eigenvalue weighted by atomic mass is 9.72. The lowest BCUT2D eigenvalue weighted by Gasteiger charge is -2.45. The van der Waals surface area contributed by atoms with Crippen LogP contribution in [0.25, 0.3) is 12.2 Å². The average Bonchev–Trinajstić information content (AvgIpc) is 3.46. The third-order valence-electron chi connectivity index (χ3n) is 7.53. The summed E-state index contributed by atoms with van der Waals surface area (Å²) >= 11 is 0. The van der Waals surface area contributed by atoms with Crippen LogP contribution in [-0.4, -0.2) is 20.0 Å². The summed E-state index contributed by atoms with van der Waals surface area (Å²) < 4.78 is 12.8. The molecule has 0 aromatic heterocycles. The van der Waals surface area contributed by atoms with Crippen molar-refractivity contribution < 1.29 is 9.47 Å². The molecule has 0 spiro atoms. The molecule has 32 heavy (non-hydrogen) atoms. The van der Waals surface area contributed by atoms with Gasteiger partial charge in [0.25, 0.3) is 0 Å². The molecular weight excluding hydrogens is 392 g/mol. The maximum atomic E-state index is 6.41. The van der Waals surface area contributed by atoms with Gasteiger partial charge in [0.15, 0.2) is 5.79 Å². The minimum absolute atomic E-state index is 0.0833. The summed E-state index contributed by atoms with van der Waals surface area (Å²) in [6.07, 6.45) is 18.0. The van der Waals surface area contributed by atoms with Crippen molar-refractivity contribution in [1.82, 2.24) is 0 Å². The van der Waals surface area contributed by atoms with Gasteiger partial charge in [-0.3, -0.25) is 0 Å². The third kappa shape index (κ3) is 4.36. The van der Waals surface area contributed by atoms with E-state index >= 15 is 0 Å². The molecule has 2 aliphatic rings. The summed E-state index contributed by atoms with van der Waals surface area (Å²) in [4.78, 5) is 0. The predicted molar refractivity (Wildman–Crippen MR) is 135 cm³/mol. The van der Waals surface area contributed by atoms with Gasteiger partial charge < -0.3 is 9.47 Å². The Morgan fingerprint density at radius 1 is 0.750 bits per heavy atom. The van der Waals surface area contributed by atoms with Gasteiger partial charge in [0.2, 0.25) is 0 Å². The summed E-state index contributed by atoms with van der Waals surface area (Å²) in [5, 5.41) is 0. The molecule has 0 aliphatic heterocycles. The zero-order chi connectivity index (χ0) is 22.4. The quantitative estimate of drug-likeness (QED) is 0.251. The molecule has 170 valence electrons. The van der Waals surface area contributed by atoms with Gasteiger partial charge in [-0.15, -0.1) is 0 Å². The first-order valence-electron chi connectivity index (χ1n) is 12.4. The van der Waals surface area contributed by atoms with E-state index in [0.29, 0.717) is 5.92 Å². The Labute approximate surface area is 194 Å². The zero-order valence-corrected chi connectivity index (χ0v) is 19.9. The highest BCUT2D eigenvalue weighted by Crippen LogP contribution is 2.52. The molecule has 0 saturated heterocycles. The molecule has 2 aromatic carbocycles. The first kappa shape index (κ1) is 23.0. The highest BCUT2D eigenvalue weighted by atomic mass is 16.7. The van der Waals surface area contributed by atoms with Crippen LogP contribution in [0.1, 0.15) is 86.0 Å². The van der Waals surface area contributed by atoms with Gasteiger partial charge in [0.1, 0.15) is 0 Å². The number of hydrogen-bond acceptors (Lipinski definition) is 2. The Hall–Kier alpha value is -2.16. The molecule has 3 unspecified atom stereocenters. The number of methoxy groups -OCH3 is 2. The van der Waals surface area contributed by atoms with E-state index in [1.807, 2.05) is 14.2 Å². The standard InChI is InChI=1S/C30H38O2/c1-4-5-6-7-8-9-18-28(27-21-19-23-14-10-12-16-25(23)27)30(31-2,32-3)29-22-20-24-15-11-13-17-26(24)29/h10-17,19-22,27-29H,4-9,18H2,1-3H3. The van der Waals surface area contributed by atoms with Crippen LogP contribution >= 0.6 is 0 Å². The maximum Gasteiger partial charge on any atom is 0.181 e. The first-order valence-corrected chi connectivity index (χ1v) is 12.4. The number of allylic oxidation sites excluding steroid dienone is 1. The summed E-state index contributed by atoms with van der Waals surface area (Å²) in [5.41, 5.74) is 5.31. The van der Waals surface area contributed by atoms with Crippen LogP contribution in [0, 0.1) is 5.92 Å². The lowest BCUT2D eigenvalue weighted by Crippen LogP contribution is -2.48. The van der Waals surface area contributed by atoms with Gasteiger partial charge in [-0.25, -0.2) is 0 Å². The Morgan fingerprint density at radius 2 is 1.34 bits per heavy atom. The fraction of sp³-hybridized carbons (Fsp3) is 0.467. The number of benzene rings is 2. The molecule has 0 amide bonds. The second-order valence-corrected chi connectivity index (χ2v) is 9.27. The zero-order valence-electron chi connectivity index (χ0n) is 19.9. The second kappa shape index (κ2) is 10.6. The minimum Gasteiger partial charge on any atom is -0.352 e. The van der Waals surface area contributed by atoms with Crippen molar-refractivity contribution in [2.75, 3.05) is 14.2 Å². The normalized spacial score (nSPS) is 19.8. The van der Waals surface area contributed by atoms with Crippen LogP contribution in [0.2, 0.25) is 0 Å². The molecule has 0 bridgehead atoms. The smallest absolute Gasteiger partial charge is 0.181 e. The Bertz CT molecular complexity index is 937. The van der Waals surface area contributed by atoms with Crippen molar-refractivity contribution in [3.8, 4) is 0 Å². The van der Waals surface area contributed by atoms with Crippen LogP contribution < -0.4 is 0 Å². The van der Waals surface area contributed by atoms with E-state index in [1.54, 1.807) is 0 Å². The number of fused-ring (bicyclic) bond motifs is 2. The van der Waals surface area contributed by atoms with Crippen molar-refractivity contribution in [1.29, 1.82) is 0 Å². The van der Waals surface area contributed by atoms with Crippen molar-refractivity contribution in [3.05, 3.63) is 82.9 Å². The minimum atomic E-state index is -0.709. The predicted octanol–water partition coefficient (Wildman–Crippen LogP) is 7.96. The molecule has 0 heterocycles. The van der Waals surface area contributed by atoms with Gasteiger partial charge in [0.05, 0.1) is 5.92 Å².